The molecule has 3 nitrogen and oxygen atoms in total. The molecule has 4 heteroatoms. The SMILES string of the molecule is COCc1ccccc1CNC(C)(C)c1nccs1. The van der Waals surface area contributed by atoms with Gasteiger partial charge in [0.1, 0.15) is 5.01 Å². The fourth-order valence-corrected chi connectivity index (χ4v) is 2.69. The standard InChI is InChI=1S/C15H20N2OS/c1-15(2,14-16-8-9-19-14)17-10-12-6-4-5-7-13(12)11-18-3/h4-9,17H,10-11H2,1-3H3. The van der Waals surface area contributed by atoms with Crippen molar-refractivity contribution in [3.63, 3.8) is 0 Å². The molecule has 0 unspecified atom stereocenters. The van der Waals surface area contributed by atoms with Gasteiger partial charge < -0.3 is 10.1 Å². The quantitative estimate of drug-likeness (QED) is 0.879. The molecule has 2 rings (SSSR count). The minimum atomic E-state index is -0.117. The third-order valence-corrected chi connectivity index (χ3v) is 4.20. The second kappa shape index (κ2) is 6.28. The second-order valence-electron chi connectivity index (χ2n) is 5.02. The molecule has 102 valence electrons. The van der Waals surface area contributed by atoms with Crippen molar-refractivity contribution in [3.8, 4) is 0 Å². The second-order valence-corrected chi connectivity index (χ2v) is 5.91. The zero-order chi connectivity index (χ0) is 13.7. The van der Waals surface area contributed by atoms with E-state index >= 15 is 0 Å². The van der Waals surface area contributed by atoms with E-state index in [9.17, 15) is 0 Å². The van der Waals surface area contributed by atoms with E-state index in [4.69, 9.17) is 4.74 Å². The van der Waals surface area contributed by atoms with Crippen LogP contribution in [0.25, 0.3) is 0 Å². The average Bonchev–Trinajstić information content (AvgIpc) is 2.93. The van der Waals surface area contributed by atoms with E-state index in [1.807, 2.05) is 17.6 Å². The molecule has 0 aliphatic rings. The van der Waals surface area contributed by atoms with Crippen LogP contribution in [-0.2, 0) is 23.4 Å². The van der Waals surface area contributed by atoms with Gasteiger partial charge in [-0.15, -0.1) is 11.3 Å². The van der Waals surface area contributed by atoms with Crippen molar-refractivity contribution in [2.75, 3.05) is 7.11 Å². The number of benzene rings is 1. The molecule has 0 radical (unpaired) electrons. The van der Waals surface area contributed by atoms with Gasteiger partial charge in [-0.1, -0.05) is 24.3 Å². The Morgan fingerprint density at radius 2 is 2.00 bits per heavy atom. The number of hydrogen-bond donors (Lipinski definition) is 1. The molecular weight excluding hydrogens is 256 g/mol. The first-order valence-electron chi connectivity index (χ1n) is 6.34. The molecule has 0 saturated carbocycles. The number of hydrogen-bond acceptors (Lipinski definition) is 4. The summed E-state index contributed by atoms with van der Waals surface area (Å²) in [6.07, 6.45) is 1.85. The fraction of sp³-hybridized carbons (Fsp3) is 0.400. The summed E-state index contributed by atoms with van der Waals surface area (Å²) in [6, 6.07) is 8.35. The Morgan fingerprint density at radius 1 is 1.26 bits per heavy atom. The van der Waals surface area contributed by atoms with Crippen molar-refractivity contribution < 1.29 is 4.74 Å². The summed E-state index contributed by atoms with van der Waals surface area (Å²) in [5, 5.41) is 6.69. The maximum Gasteiger partial charge on any atom is 0.112 e. The van der Waals surface area contributed by atoms with Gasteiger partial charge in [-0.2, -0.15) is 0 Å². The first-order chi connectivity index (χ1) is 9.13. The number of rotatable bonds is 6. The number of thiazole rings is 1. The number of nitrogens with one attached hydrogen (secondary N) is 1. The average molecular weight is 276 g/mol. The normalized spacial score (nSPS) is 11.7. The molecule has 0 spiro atoms. The van der Waals surface area contributed by atoms with Crippen molar-refractivity contribution in [3.05, 3.63) is 52.0 Å². The van der Waals surface area contributed by atoms with Crippen LogP contribution in [0, 0.1) is 0 Å². The Hall–Kier alpha value is -1.23. The van der Waals surface area contributed by atoms with E-state index in [0.29, 0.717) is 6.61 Å². The minimum Gasteiger partial charge on any atom is -0.380 e. The lowest BCUT2D eigenvalue weighted by atomic mass is 10.0. The van der Waals surface area contributed by atoms with Crippen molar-refractivity contribution in [1.29, 1.82) is 0 Å². The largest absolute Gasteiger partial charge is 0.380 e. The highest BCUT2D eigenvalue weighted by Crippen LogP contribution is 2.23. The summed E-state index contributed by atoms with van der Waals surface area (Å²) in [4.78, 5) is 4.39. The maximum atomic E-state index is 5.23. The third-order valence-electron chi connectivity index (χ3n) is 3.11. The van der Waals surface area contributed by atoms with Gasteiger partial charge in [-0.3, -0.25) is 0 Å². The predicted octanol–water partition coefficient (Wildman–Crippen LogP) is 3.31. The number of methoxy groups -OCH3 is 1. The van der Waals surface area contributed by atoms with Crippen LogP contribution in [0.3, 0.4) is 0 Å². The van der Waals surface area contributed by atoms with Crippen LogP contribution >= 0.6 is 11.3 Å². The Balaban J connectivity index is 2.06. The van der Waals surface area contributed by atoms with Gasteiger partial charge in [0.15, 0.2) is 0 Å². The van der Waals surface area contributed by atoms with Crippen LogP contribution < -0.4 is 5.32 Å². The molecule has 19 heavy (non-hydrogen) atoms. The van der Waals surface area contributed by atoms with Crippen LogP contribution in [0.5, 0.6) is 0 Å². The molecule has 2 aromatic rings. The predicted molar refractivity (Wildman–Crippen MR) is 79.1 cm³/mol. The van der Waals surface area contributed by atoms with Gasteiger partial charge in [0.05, 0.1) is 12.1 Å². The van der Waals surface area contributed by atoms with Crippen molar-refractivity contribution in [1.82, 2.24) is 10.3 Å². The van der Waals surface area contributed by atoms with E-state index in [2.05, 4.69) is 42.3 Å². The molecular formula is C15H20N2OS. The monoisotopic (exact) mass is 276 g/mol. The van der Waals surface area contributed by atoms with Crippen molar-refractivity contribution in [2.45, 2.75) is 32.5 Å². The summed E-state index contributed by atoms with van der Waals surface area (Å²) >= 11 is 1.68. The van der Waals surface area contributed by atoms with E-state index in [1.54, 1.807) is 18.4 Å². The molecule has 0 bridgehead atoms. The van der Waals surface area contributed by atoms with Gasteiger partial charge in [-0.25, -0.2) is 4.98 Å². The summed E-state index contributed by atoms with van der Waals surface area (Å²) in [7, 11) is 1.73. The first kappa shape index (κ1) is 14.2. The van der Waals surface area contributed by atoms with Crippen molar-refractivity contribution >= 4 is 11.3 Å². The zero-order valence-corrected chi connectivity index (χ0v) is 12.5. The fourth-order valence-electron chi connectivity index (χ4n) is 1.95. The molecule has 1 N–H and O–H groups in total. The number of ether oxygens (including phenoxy) is 1. The number of aromatic nitrogens is 1. The molecule has 1 aromatic heterocycles. The lowest BCUT2D eigenvalue weighted by Crippen LogP contribution is -2.36. The molecule has 0 aliphatic carbocycles. The number of nitrogens with zero attached hydrogens (tertiary/aromatic N) is 1. The molecule has 0 fully saturated rings. The van der Waals surface area contributed by atoms with Crippen LogP contribution in [0.2, 0.25) is 0 Å². The van der Waals surface area contributed by atoms with Crippen LogP contribution in [0.15, 0.2) is 35.8 Å². The summed E-state index contributed by atoms with van der Waals surface area (Å²) in [6.45, 7) is 5.77. The zero-order valence-electron chi connectivity index (χ0n) is 11.6. The molecule has 0 aliphatic heterocycles. The van der Waals surface area contributed by atoms with E-state index < -0.39 is 0 Å². The van der Waals surface area contributed by atoms with E-state index in [-0.39, 0.29) is 5.54 Å². The van der Waals surface area contributed by atoms with Crippen LogP contribution in [0.4, 0.5) is 0 Å². The van der Waals surface area contributed by atoms with Gasteiger partial charge >= 0.3 is 0 Å². The molecule has 0 amide bonds. The lowest BCUT2D eigenvalue weighted by molar-refractivity contribution is 0.184. The Labute approximate surface area is 118 Å². The lowest BCUT2D eigenvalue weighted by Gasteiger charge is -2.24. The summed E-state index contributed by atoms with van der Waals surface area (Å²) < 4.78 is 5.23. The highest BCUT2D eigenvalue weighted by Gasteiger charge is 2.22. The molecule has 0 saturated heterocycles. The van der Waals surface area contributed by atoms with Gasteiger partial charge in [-0.05, 0) is 25.0 Å². The van der Waals surface area contributed by atoms with Gasteiger partial charge in [0.2, 0.25) is 0 Å². The Morgan fingerprint density at radius 3 is 2.63 bits per heavy atom. The van der Waals surface area contributed by atoms with E-state index in [0.717, 1.165) is 11.6 Å². The van der Waals surface area contributed by atoms with Crippen molar-refractivity contribution in [2.24, 2.45) is 0 Å². The third kappa shape index (κ3) is 3.62. The molecule has 1 heterocycles. The van der Waals surface area contributed by atoms with Gasteiger partial charge in [0.25, 0.3) is 0 Å². The van der Waals surface area contributed by atoms with E-state index in [1.165, 1.54) is 11.1 Å². The molecule has 1 aromatic carbocycles. The topological polar surface area (TPSA) is 34.1 Å². The highest BCUT2D eigenvalue weighted by atomic mass is 32.1. The van der Waals surface area contributed by atoms with Crippen LogP contribution in [-0.4, -0.2) is 12.1 Å². The Kier molecular flexibility index (Phi) is 4.69. The summed E-state index contributed by atoms with van der Waals surface area (Å²) in [5.41, 5.74) is 2.38. The van der Waals surface area contributed by atoms with Crippen LogP contribution in [0.1, 0.15) is 30.0 Å². The Bertz CT molecular complexity index is 509. The smallest absolute Gasteiger partial charge is 0.112 e. The summed E-state index contributed by atoms with van der Waals surface area (Å²) in [5.74, 6) is 0. The maximum absolute atomic E-state index is 5.23. The van der Waals surface area contributed by atoms with Gasteiger partial charge in [0, 0.05) is 25.2 Å². The molecule has 0 atom stereocenters. The first-order valence-corrected chi connectivity index (χ1v) is 7.22. The highest BCUT2D eigenvalue weighted by molar-refractivity contribution is 7.09. The minimum absolute atomic E-state index is 0.117.